The van der Waals surface area contributed by atoms with E-state index in [1.807, 2.05) is 42.6 Å². The summed E-state index contributed by atoms with van der Waals surface area (Å²) in [6, 6.07) is 9.73. The van der Waals surface area contributed by atoms with Crippen LogP contribution in [0.2, 0.25) is 0 Å². The van der Waals surface area contributed by atoms with E-state index in [0.29, 0.717) is 19.5 Å². The standard InChI is InChI=1S/C18H21N3O2S/c1-2-19-18(23)21-10-9-13-5-6-14(12-16(13)21)20-17(22)8-7-15-4-3-11-24-15/h3-6,11-12H,2,7-10H2,1H3,(H,19,23)(H,20,22). The Morgan fingerprint density at radius 2 is 2.17 bits per heavy atom. The van der Waals surface area contributed by atoms with Crippen molar-refractivity contribution in [3.05, 3.63) is 46.2 Å². The molecule has 0 aliphatic carbocycles. The number of thiophene rings is 1. The van der Waals surface area contributed by atoms with Crippen LogP contribution in [-0.2, 0) is 17.6 Å². The first-order chi connectivity index (χ1) is 11.7. The molecular formula is C18H21N3O2S. The van der Waals surface area contributed by atoms with Crippen LogP contribution in [-0.4, -0.2) is 25.0 Å². The molecule has 0 bridgehead atoms. The zero-order chi connectivity index (χ0) is 16.9. The maximum Gasteiger partial charge on any atom is 0.321 e. The zero-order valence-corrected chi connectivity index (χ0v) is 14.5. The SMILES string of the molecule is CCNC(=O)N1CCc2ccc(NC(=O)CCc3cccs3)cc21. The van der Waals surface area contributed by atoms with Crippen LogP contribution in [0.3, 0.4) is 0 Å². The molecule has 2 aromatic rings. The third kappa shape index (κ3) is 3.76. The summed E-state index contributed by atoms with van der Waals surface area (Å²) in [5.41, 5.74) is 2.76. The van der Waals surface area contributed by atoms with Crippen LogP contribution in [0.15, 0.2) is 35.7 Å². The van der Waals surface area contributed by atoms with Crippen molar-refractivity contribution in [1.29, 1.82) is 0 Å². The van der Waals surface area contributed by atoms with Crippen LogP contribution >= 0.6 is 11.3 Å². The Kier molecular flexibility index (Phi) is 5.15. The topological polar surface area (TPSA) is 61.4 Å². The molecule has 3 amide bonds. The van der Waals surface area contributed by atoms with Gasteiger partial charge in [0.05, 0.1) is 5.69 Å². The Morgan fingerprint density at radius 1 is 1.29 bits per heavy atom. The fourth-order valence-corrected chi connectivity index (χ4v) is 3.54. The van der Waals surface area contributed by atoms with Crippen LogP contribution in [0.4, 0.5) is 16.2 Å². The molecule has 126 valence electrons. The van der Waals surface area contributed by atoms with Gasteiger partial charge in [0.25, 0.3) is 0 Å². The van der Waals surface area contributed by atoms with E-state index >= 15 is 0 Å². The number of nitrogens with one attached hydrogen (secondary N) is 2. The van der Waals surface area contributed by atoms with Crippen LogP contribution in [0.5, 0.6) is 0 Å². The first-order valence-corrected chi connectivity index (χ1v) is 9.06. The summed E-state index contributed by atoms with van der Waals surface area (Å²) >= 11 is 1.66. The van der Waals surface area contributed by atoms with Gasteiger partial charge in [0.15, 0.2) is 0 Å². The van der Waals surface area contributed by atoms with Crippen LogP contribution in [0, 0.1) is 0 Å². The first kappa shape index (κ1) is 16.5. The van der Waals surface area contributed by atoms with E-state index in [-0.39, 0.29) is 11.9 Å². The van der Waals surface area contributed by atoms with E-state index in [9.17, 15) is 9.59 Å². The van der Waals surface area contributed by atoms with Crippen molar-refractivity contribution in [3.8, 4) is 0 Å². The van der Waals surface area contributed by atoms with Crippen molar-refractivity contribution in [2.45, 2.75) is 26.2 Å². The second kappa shape index (κ2) is 7.49. The summed E-state index contributed by atoms with van der Waals surface area (Å²) in [5, 5.41) is 7.78. The number of carbonyl (C=O) groups excluding carboxylic acids is 2. The lowest BCUT2D eigenvalue weighted by molar-refractivity contribution is -0.116. The number of aryl methyl sites for hydroxylation is 1. The second-order valence-corrected chi connectivity index (χ2v) is 6.74. The quantitative estimate of drug-likeness (QED) is 0.874. The molecule has 1 aromatic carbocycles. The van der Waals surface area contributed by atoms with Gasteiger partial charge in [-0.1, -0.05) is 12.1 Å². The minimum atomic E-state index is -0.0857. The third-order valence-electron chi connectivity index (χ3n) is 4.02. The largest absolute Gasteiger partial charge is 0.338 e. The van der Waals surface area contributed by atoms with Crippen molar-refractivity contribution in [1.82, 2.24) is 5.32 Å². The van der Waals surface area contributed by atoms with Gasteiger partial charge in [-0.05, 0) is 48.9 Å². The van der Waals surface area contributed by atoms with E-state index in [1.54, 1.807) is 16.2 Å². The lowest BCUT2D eigenvalue weighted by Gasteiger charge is -2.18. The molecule has 2 heterocycles. The van der Waals surface area contributed by atoms with E-state index < -0.39 is 0 Å². The van der Waals surface area contributed by atoms with Gasteiger partial charge in [0.1, 0.15) is 0 Å². The number of urea groups is 1. The zero-order valence-electron chi connectivity index (χ0n) is 13.7. The Morgan fingerprint density at radius 3 is 2.92 bits per heavy atom. The Hall–Kier alpha value is -2.34. The van der Waals surface area contributed by atoms with Crippen molar-refractivity contribution in [2.75, 3.05) is 23.3 Å². The van der Waals surface area contributed by atoms with Gasteiger partial charge in [-0.15, -0.1) is 11.3 Å². The number of anilines is 2. The molecule has 0 radical (unpaired) electrons. The number of amides is 3. The van der Waals surface area contributed by atoms with E-state index in [2.05, 4.69) is 10.6 Å². The summed E-state index contributed by atoms with van der Waals surface area (Å²) in [6.45, 7) is 3.18. The molecule has 1 aromatic heterocycles. The molecule has 0 unspecified atom stereocenters. The number of carbonyl (C=O) groups is 2. The monoisotopic (exact) mass is 343 g/mol. The van der Waals surface area contributed by atoms with Crippen LogP contribution < -0.4 is 15.5 Å². The normalized spacial score (nSPS) is 12.8. The molecule has 1 aliphatic heterocycles. The Balaban J connectivity index is 1.64. The summed E-state index contributed by atoms with van der Waals surface area (Å²) in [7, 11) is 0. The maximum absolute atomic E-state index is 12.1. The maximum atomic E-state index is 12.1. The summed E-state index contributed by atoms with van der Waals surface area (Å²) < 4.78 is 0. The highest BCUT2D eigenvalue weighted by molar-refractivity contribution is 7.09. The number of hydrogen-bond donors (Lipinski definition) is 2. The van der Waals surface area contributed by atoms with Gasteiger partial charge >= 0.3 is 6.03 Å². The highest BCUT2D eigenvalue weighted by Crippen LogP contribution is 2.31. The lowest BCUT2D eigenvalue weighted by Crippen LogP contribution is -2.38. The molecule has 0 saturated heterocycles. The Labute approximate surface area is 145 Å². The van der Waals surface area contributed by atoms with Gasteiger partial charge in [-0.3, -0.25) is 9.69 Å². The van der Waals surface area contributed by atoms with E-state index in [0.717, 1.165) is 29.8 Å². The van der Waals surface area contributed by atoms with Gasteiger partial charge in [0.2, 0.25) is 5.91 Å². The third-order valence-corrected chi connectivity index (χ3v) is 4.95. The van der Waals surface area contributed by atoms with Gasteiger partial charge < -0.3 is 10.6 Å². The predicted molar refractivity (Wildman–Crippen MR) is 97.8 cm³/mol. The number of benzene rings is 1. The number of fused-ring (bicyclic) bond motifs is 1. The van der Waals surface area contributed by atoms with Crippen LogP contribution in [0.1, 0.15) is 23.8 Å². The first-order valence-electron chi connectivity index (χ1n) is 8.18. The van der Waals surface area contributed by atoms with Crippen LogP contribution in [0.25, 0.3) is 0 Å². The minimum Gasteiger partial charge on any atom is -0.338 e. The molecular weight excluding hydrogens is 322 g/mol. The fourth-order valence-electron chi connectivity index (χ4n) is 2.83. The van der Waals surface area contributed by atoms with Crippen molar-refractivity contribution in [2.24, 2.45) is 0 Å². The average Bonchev–Trinajstić information content (AvgIpc) is 3.22. The molecule has 5 nitrogen and oxygen atoms in total. The molecule has 24 heavy (non-hydrogen) atoms. The summed E-state index contributed by atoms with van der Waals surface area (Å²) in [6.07, 6.45) is 2.05. The molecule has 3 rings (SSSR count). The highest BCUT2D eigenvalue weighted by atomic mass is 32.1. The molecule has 0 atom stereocenters. The summed E-state index contributed by atoms with van der Waals surface area (Å²) in [4.78, 5) is 27.2. The molecule has 2 N–H and O–H groups in total. The molecule has 6 heteroatoms. The Bertz CT molecular complexity index is 728. The van der Waals surface area contributed by atoms with E-state index in [1.165, 1.54) is 4.88 Å². The predicted octanol–water partition coefficient (Wildman–Crippen LogP) is 3.41. The number of nitrogens with zero attached hydrogens (tertiary/aromatic N) is 1. The molecule has 1 aliphatic rings. The average molecular weight is 343 g/mol. The fraction of sp³-hybridized carbons (Fsp3) is 0.333. The smallest absolute Gasteiger partial charge is 0.321 e. The van der Waals surface area contributed by atoms with Gasteiger partial charge in [-0.2, -0.15) is 0 Å². The molecule has 0 fully saturated rings. The van der Waals surface area contributed by atoms with Gasteiger partial charge in [0, 0.05) is 30.1 Å². The van der Waals surface area contributed by atoms with Crippen molar-refractivity contribution < 1.29 is 9.59 Å². The second-order valence-electron chi connectivity index (χ2n) is 5.71. The van der Waals surface area contributed by atoms with Crippen molar-refractivity contribution in [3.63, 3.8) is 0 Å². The number of rotatable bonds is 5. The molecule has 0 spiro atoms. The minimum absolute atomic E-state index is 0.00842. The van der Waals surface area contributed by atoms with Crippen molar-refractivity contribution >= 4 is 34.6 Å². The lowest BCUT2D eigenvalue weighted by atomic mass is 10.1. The van der Waals surface area contributed by atoms with Gasteiger partial charge in [-0.25, -0.2) is 4.79 Å². The number of hydrogen-bond acceptors (Lipinski definition) is 3. The summed E-state index contributed by atoms with van der Waals surface area (Å²) in [5.74, 6) is -0.00842. The molecule has 0 saturated carbocycles. The van der Waals surface area contributed by atoms with E-state index in [4.69, 9.17) is 0 Å². The highest BCUT2D eigenvalue weighted by Gasteiger charge is 2.24.